The van der Waals surface area contributed by atoms with Crippen LogP contribution in [0.2, 0.25) is 0 Å². The molecule has 4 aliphatic carbocycles. The van der Waals surface area contributed by atoms with Crippen molar-refractivity contribution in [2.24, 2.45) is 40.4 Å². The summed E-state index contributed by atoms with van der Waals surface area (Å²) < 4.78 is 0. The van der Waals surface area contributed by atoms with Gasteiger partial charge in [-0.1, -0.05) is 29.8 Å². The van der Waals surface area contributed by atoms with Gasteiger partial charge in [-0.15, -0.1) is 0 Å². The lowest BCUT2D eigenvalue weighted by Crippen LogP contribution is -2.54. The van der Waals surface area contributed by atoms with Crippen molar-refractivity contribution in [3.8, 4) is 0 Å². The highest BCUT2D eigenvalue weighted by Gasteiger charge is 2.60. The van der Waals surface area contributed by atoms with Crippen LogP contribution in [0.15, 0.2) is 0 Å². The molecule has 4 fully saturated rings. The number of carbonyl (C=O) groups excluding carboxylic acids is 1. The molecule has 0 spiro atoms. The van der Waals surface area contributed by atoms with Crippen molar-refractivity contribution < 1.29 is 9.90 Å². The fourth-order valence-electron chi connectivity index (χ4n) is 7.86. The van der Waals surface area contributed by atoms with Crippen molar-refractivity contribution in [2.75, 3.05) is 5.33 Å². The average Bonchev–Trinajstić information content (AvgIpc) is 2.92. The Morgan fingerprint density at radius 3 is 2.46 bits per heavy atom. The van der Waals surface area contributed by atoms with E-state index in [0.717, 1.165) is 42.9 Å². The number of ketones is 1. The second-order valence-corrected chi connectivity index (χ2v) is 10.4. The first-order chi connectivity index (χ1) is 11.4. The van der Waals surface area contributed by atoms with Crippen molar-refractivity contribution in [3.05, 3.63) is 0 Å². The molecule has 2 nitrogen and oxygen atoms in total. The maximum Gasteiger partial charge on any atom is 0.147 e. The number of Topliss-reactive ketones (excluding diaryl/α,β-unsaturated/α-hetero) is 1. The Bertz CT molecular complexity index is 520. The summed E-state index contributed by atoms with van der Waals surface area (Å²) in [5, 5.41) is 10.7. The summed E-state index contributed by atoms with van der Waals surface area (Å²) in [6.45, 7) is 4.98. The molecule has 0 bridgehead atoms. The van der Waals surface area contributed by atoms with Gasteiger partial charge in [0.25, 0.3) is 0 Å². The smallest absolute Gasteiger partial charge is 0.147 e. The summed E-state index contributed by atoms with van der Waals surface area (Å²) in [6.07, 6.45) is 10.8. The van der Waals surface area contributed by atoms with Crippen molar-refractivity contribution in [2.45, 2.75) is 77.7 Å². The maximum absolute atomic E-state index is 12.5. The molecule has 0 aromatic carbocycles. The third-order valence-electron chi connectivity index (χ3n) is 9.16. The van der Waals surface area contributed by atoms with Crippen LogP contribution in [0.3, 0.4) is 0 Å². The Kier molecular flexibility index (Phi) is 4.44. The largest absolute Gasteiger partial charge is 0.393 e. The predicted molar refractivity (Wildman–Crippen MR) is 100 cm³/mol. The molecule has 0 saturated heterocycles. The van der Waals surface area contributed by atoms with E-state index in [4.69, 9.17) is 0 Å². The summed E-state index contributed by atoms with van der Waals surface area (Å²) in [5.41, 5.74) is 0.699. The highest BCUT2D eigenvalue weighted by Crippen LogP contribution is 2.67. The number of hydrogen-bond donors (Lipinski definition) is 1. The molecule has 136 valence electrons. The molecule has 3 heteroatoms. The first-order valence-corrected chi connectivity index (χ1v) is 11.3. The number of fused-ring (bicyclic) bond motifs is 5. The van der Waals surface area contributed by atoms with Gasteiger partial charge in [0.2, 0.25) is 0 Å². The molecule has 4 rings (SSSR count). The third-order valence-corrected chi connectivity index (χ3v) is 9.71. The lowest BCUT2D eigenvalue weighted by atomic mass is 9.44. The molecule has 0 radical (unpaired) electrons. The first-order valence-electron chi connectivity index (χ1n) is 10.2. The van der Waals surface area contributed by atoms with Crippen LogP contribution in [-0.4, -0.2) is 22.3 Å². The Morgan fingerprint density at radius 2 is 1.71 bits per heavy atom. The molecule has 0 aliphatic heterocycles. The van der Waals surface area contributed by atoms with Gasteiger partial charge >= 0.3 is 0 Å². The molecule has 0 aromatic rings. The van der Waals surface area contributed by atoms with Crippen molar-refractivity contribution >= 4 is 21.7 Å². The van der Waals surface area contributed by atoms with Crippen LogP contribution in [0.4, 0.5) is 0 Å². The molecule has 0 amide bonds. The van der Waals surface area contributed by atoms with E-state index in [9.17, 15) is 9.90 Å². The highest BCUT2D eigenvalue weighted by molar-refractivity contribution is 9.09. The van der Waals surface area contributed by atoms with Gasteiger partial charge in [0.1, 0.15) is 5.78 Å². The monoisotopic (exact) mass is 396 g/mol. The molecule has 1 unspecified atom stereocenters. The fourth-order valence-corrected chi connectivity index (χ4v) is 8.25. The molecular formula is C21H33BrO2. The van der Waals surface area contributed by atoms with E-state index < -0.39 is 0 Å². The summed E-state index contributed by atoms with van der Waals surface area (Å²) in [7, 11) is 0. The molecule has 0 aromatic heterocycles. The van der Waals surface area contributed by atoms with Crippen LogP contribution >= 0.6 is 15.9 Å². The lowest BCUT2D eigenvalue weighted by Gasteiger charge is -2.60. The van der Waals surface area contributed by atoms with Crippen LogP contribution in [0.25, 0.3) is 0 Å². The Hall–Kier alpha value is 0.110. The Morgan fingerprint density at radius 1 is 1.00 bits per heavy atom. The Labute approximate surface area is 155 Å². The van der Waals surface area contributed by atoms with Gasteiger partial charge < -0.3 is 5.11 Å². The van der Waals surface area contributed by atoms with Crippen LogP contribution in [-0.2, 0) is 4.79 Å². The minimum absolute atomic E-state index is 0.0547. The van der Waals surface area contributed by atoms with Crippen LogP contribution in [0, 0.1) is 40.4 Å². The zero-order valence-corrected chi connectivity index (χ0v) is 16.9. The minimum atomic E-state index is -0.0547. The van der Waals surface area contributed by atoms with Crippen molar-refractivity contribution in [3.63, 3.8) is 0 Å². The Balaban J connectivity index is 1.60. The van der Waals surface area contributed by atoms with E-state index >= 15 is 0 Å². The summed E-state index contributed by atoms with van der Waals surface area (Å²) >= 11 is 3.42. The topological polar surface area (TPSA) is 37.3 Å². The SMILES string of the molecule is C[C@]12CCC(O)C[C@H]1CC[C@@H]1[C@@H]2CC[C@]2(C)[C@@H](C(=O)CBr)CC[C@@H]12. The molecule has 4 aliphatic rings. The van der Waals surface area contributed by atoms with E-state index in [0.29, 0.717) is 22.4 Å². The quantitative estimate of drug-likeness (QED) is 0.668. The predicted octanol–water partition coefficient (Wildman–Crippen LogP) is 4.97. The standard InChI is InChI=1S/C21H33BrO2/c1-20-9-7-14(23)11-13(20)3-4-15-16-5-6-18(19(24)12-22)21(16,2)10-8-17(15)20/h13-18,23H,3-12H2,1-2H3/t13-,14?,15+,16+,17+,18-,20+,21+/m1/s1. The number of hydrogen-bond acceptors (Lipinski definition) is 2. The van der Waals surface area contributed by atoms with E-state index in [1.165, 1.54) is 38.5 Å². The van der Waals surface area contributed by atoms with E-state index in [1.54, 1.807) is 0 Å². The van der Waals surface area contributed by atoms with Gasteiger partial charge in [-0.2, -0.15) is 0 Å². The number of aliphatic hydroxyl groups is 1. The first kappa shape index (κ1) is 17.5. The van der Waals surface area contributed by atoms with Crippen LogP contribution in [0.1, 0.15) is 71.6 Å². The van der Waals surface area contributed by atoms with E-state index in [-0.39, 0.29) is 11.5 Å². The summed E-state index contributed by atoms with van der Waals surface area (Å²) in [5.74, 6) is 3.88. The van der Waals surface area contributed by atoms with Gasteiger partial charge in [0.15, 0.2) is 0 Å². The molecule has 4 saturated carbocycles. The molecular weight excluding hydrogens is 364 g/mol. The molecule has 24 heavy (non-hydrogen) atoms. The molecule has 1 N–H and O–H groups in total. The number of carbonyl (C=O) groups is 1. The highest BCUT2D eigenvalue weighted by atomic mass is 79.9. The molecule has 0 heterocycles. The minimum Gasteiger partial charge on any atom is -0.393 e. The number of rotatable bonds is 2. The van der Waals surface area contributed by atoms with Gasteiger partial charge in [-0.05, 0) is 92.3 Å². The second kappa shape index (κ2) is 6.08. The summed E-state index contributed by atoms with van der Waals surface area (Å²) in [4.78, 5) is 12.5. The van der Waals surface area contributed by atoms with Crippen LogP contribution in [0.5, 0.6) is 0 Å². The van der Waals surface area contributed by atoms with E-state index in [2.05, 4.69) is 29.8 Å². The van der Waals surface area contributed by atoms with Crippen molar-refractivity contribution in [1.29, 1.82) is 0 Å². The van der Waals surface area contributed by atoms with Crippen molar-refractivity contribution in [1.82, 2.24) is 0 Å². The van der Waals surface area contributed by atoms with Gasteiger partial charge in [0.05, 0.1) is 11.4 Å². The average molecular weight is 397 g/mol. The normalized spacial score (nSPS) is 53.8. The third kappa shape index (κ3) is 2.40. The van der Waals surface area contributed by atoms with E-state index in [1.807, 2.05) is 0 Å². The molecule has 8 atom stereocenters. The maximum atomic E-state index is 12.5. The number of halogens is 1. The van der Waals surface area contributed by atoms with Gasteiger partial charge in [0, 0.05) is 5.92 Å². The summed E-state index contributed by atoms with van der Waals surface area (Å²) in [6, 6.07) is 0. The second-order valence-electron chi connectivity index (χ2n) is 9.86. The van der Waals surface area contributed by atoms with Crippen LogP contribution < -0.4 is 0 Å². The van der Waals surface area contributed by atoms with Gasteiger partial charge in [-0.25, -0.2) is 0 Å². The number of aliphatic hydroxyl groups excluding tert-OH is 1. The lowest BCUT2D eigenvalue weighted by molar-refractivity contribution is -0.138. The number of alkyl halides is 1. The zero-order chi connectivity index (χ0) is 17.1. The fraction of sp³-hybridized carbons (Fsp3) is 0.952. The zero-order valence-electron chi connectivity index (χ0n) is 15.3. The van der Waals surface area contributed by atoms with Gasteiger partial charge in [-0.3, -0.25) is 4.79 Å².